The molecule has 0 saturated heterocycles. The van der Waals surface area contributed by atoms with Crippen LogP contribution in [0.15, 0.2) is 35.4 Å². The zero-order valence-corrected chi connectivity index (χ0v) is 7.68. The average Bonchev–Trinajstić information content (AvgIpc) is 2.20. The second-order valence-electron chi connectivity index (χ2n) is 2.84. The standard InChI is InChI=1S/C10H12N2O2/c11-12-9(6-7-10(13)14)8-4-2-1-3-5-8/h1-5H,6-7,11H2,(H,13,14)/b12-9+. The van der Waals surface area contributed by atoms with Crippen LogP contribution in [0, 0.1) is 0 Å². The van der Waals surface area contributed by atoms with Gasteiger partial charge in [0.25, 0.3) is 0 Å². The Hall–Kier alpha value is -1.84. The summed E-state index contributed by atoms with van der Waals surface area (Å²) in [5.41, 5.74) is 1.49. The summed E-state index contributed by atoms with van der Waals surface area (Å²) in [6.45, 7) is 0. The van der Waals surface area contributed by atoms with Crippen molar-refractivity contribution in [3.63, 3.8) is 0 Å². The fraction of sp³-hybridized carbons (Fsp3) is 0.200. The molecule has 0 heterocycles. The van der Waals surface area contributed by atoms with E-state index in [9.17, 15) is 4.79 Å². The first-order chi connectivity index (χ1) is 6.74. The highest BCUT2D eigenvalue weighted by molar-refractivity contribution is 6.01. The van der Waals surface area contributed by atoms with E-state index in [0.717, 1.165) is 5.56 Å². The van der Waals surface area contributed by atoms with E-state index in [1.165, 1.54) is 0 Å². The van der Waals surface area contributed by atoms with Gasteiger partial charge in [-0.25, -0.2) is 0 Å². The molecule has 74 valence electrons. The summed E-state index contributed by atoms with van der Waals surface area (Å²) in [7, 11) is 0. The Balaban J connectivity index is 2.69. The van der Waals surface area contributed by atoms with Gasteiger partial charge < -0.3 is 10.9 Å². The number of rotatable bonds is 4. The zero-order chi connectivity index (χ0) is 10.4. The molecule has 0 bridgehead atoms. The minimum absolute atomic E-state index is 0.0466. The first-order valence-corrected chi connectivity index (χ1v) is 4.28. The quantitative estimate of drug-likeness (QED) is 0.427. The molecule has 0 spiro atoms. The lowest BCUT2D eigenvalue weighted by Gasteiger charge is -2.02. The molecular formula is C10H12N2O2. The minimum Gasteiger partial charge on any atom is -0.481 e. The molecule has 1 rings (SSSR count). The average molecular weight is 192 g/mol. The summed E-state index contributed by atoms with van der Waals surface area (Å²) >= 11 is 0. The summed E-state index contributed by atoms with van der Waals surface area (Å²) < 4.78 is 0. The molecule has 0 fully saturated rings. The van der Waals surface area contributed by atoms with Gasteiger partial charge in [0.2, 0.25) is 0 Å². The highest BCUT2D eigenvalue weighted by Gasteiger charge is 2.05. The van der Waals surface area contributed by atoms with Gasteiger partial charge in [0, 0.05) is 6.42 Å². The number of aliphatic carboxylic acids is 1. The van der Waals surface area contributed by atoms with Gasteiger partial charge in [-0.1, -0.05) is 30.3 Å². The third-order valence-electron chi connectivity index (χ3n) is 1.84. The Morgan fingerprint density at radius 3 is 2.43 bits per heavy atom. The predicted octanol–water partition coefficient (Wildman–Crippen LogP) is 1.21. The Kier molecular flexibility index (Phi) is 3.67. The Morgan fingerprint density at radius 1 is 1.29 bits per heavy atom. The lowest BCUT2D eigenvalue weighted by atomic mass is 10.1. The number of carboxylic acids is 1. The summed E-state index contributed by atoms with van der Waals surface area (Å²) in [4.78, 5) is 10.4. The van der Waals surface area contributed by atoms with E-state index < -0.39 is 5.97 Å². The highest BCUT2D eigenvalue weighted by Crippen LogP contribution is 2.05. The lowest BCUT2D eigenvalue weighted by molar-refractivity contribution is -0.136. The van der Waals surface area contributed by atoms with E-state index >= 15 is 0 Å². The molecule has 1 aromatic carbocycles. The van der Waals surface area contributed by atoms with E-state index in [2.05, 4.69) is 5.10 Å². The SMILES string of the molecule is N/N=C(\CCC(=O)O)c1ccccc1. The van der Waals surface area contributed by atoms with Crippen molar-refractivity contribution < 1.29 is 9.90 Å². The summed E-state index contributed by atoms with van der Waals surface area (Å²) in [6, 6.07) is 9.32. The zero-order valence-electron chi connectivity index (χ0n) is 7.68. The summed E-state index contributed by atoms with van der Waals surface area (Å²) in [5, 5.41) is 12.1. The molecule has 4 heteroatoms. The van der Waals surface area contributed by atoms with Gasteiger partial charge in [-0.15, -0.1) is 0 Å². The fourth-order valence-electron chi connectivity index (χ4n) is 1.14. The highest BCUT2D eigenvalue weighted by atomic mass is 16.4. The number of hydrogen-bond acceptors (Lipinski definition) is 3. The topological polar surface area (TPSA) is 75.7 Å². The molecular weight excluding hydrogens is 180 g/mol. The second-order valence-corrected chi connectivity index (χ2v) is 2.84. The molecule has 0 aliphatic carbocycles. The van der Waals surface area contributed by atoms with Crippen LogP contribution in [0.4, 0.5) is 0 Å². The Labute approximate surface area is 82.1 Å². The predicted molar refractivity (Wildman–Crippen MR) is 54.0 cm³/mol. The number of carboxylic acid groups (broad SMARTS) is 1. The number of nitrogens with two attached hydrogens (primary N) is 1. The van der Waals surface area contributed by atoms with E-state index in [4.69, 9.17) is 10.9 Å². The monoisotopic (exact) mass is 192 g/mol. The van der Waals surface area contributed by atoms with Crippen molar-refractivity contribution in [2.75, 3.05) is 0 Å². The first kappa shape index (κ1) is 10.2. The summed E-state index contributed by atoms with van der Waals surface area (Å²) in [5.74, 6) is 4.34. The van der Waals surface area contributed by atoms with Crippen LogP contribution >= 0.6 is 0 Å². The Bertz CT molecular complexity index is 333. The van der Waals surface area contributed by atoms with Gasteiger partial charge in [0.15, 0.2) is 0 Å². The fourth-order valence-corrected chi connectivity index (χ4v) is 1.14. The van der Waals surface area contributed by atoms with Gasteiger partial charge in [-0.05, 0) is 5.56 Å². The number of hydrogen-bond donors (Lipinski definition) is 2. The molecule has 0 aromatic heterocycles. The molecule has 14 heavy (non-hydrogen) atoms. The van der Waals surface area contributed by atoms with Crippen molar-refractivity contribution in [2.24, 2.45) is 10.9 Å². The van der Waals surface area contributed by atoms with Gasteiger partial charge in [-0.2, -0.15) is 5.10 Å². The molecule has 3 N–H and O–H groups in total. The van der Waals surface area contributed by atoms with Gasteiger partial charge in [-0.3, -0.25) is 4.79 Å². The van der Waals surface area contributed by atoms with Crippen molar-refractivity contribution in [2.45, 2.75) is 12.8 Å². The number of carbonyl (C=O) groups is 1. The first-order valence-electron chi connectivity index (χ1n) is 4.28. The molecule has 1 aromatic rings. The molecule has 0 saturated carbocycles. The van der Waals surface area contributed by atoms with E-state index in [-0.39, 0.29) is 6.42 Å². The van der Waals surface area contributed by atoms with Crippen LogP contribution in [-0.2, 0) is 4.79 Å². The maximum Gasteiger partial charge on any atom is 0.303 e. The van der Waals surface area contributed by atoms with E-state index in [1.54, 1.807) is 0 Å². The maximum absolute atomic E-state index is 10.4. The van der Waals surface area contributed by atoms with Crippen molar-refractivity contribution in [1.29, 1.82) is 0 Å². The number of benzene rings is 1. The molecule has 4 nitrogen and oxygen atoms in total. The second kappa shape index (κ2) is 5.01. The van der Waals surface area contributed by atoms with E-state index in [1.807, 2.05) is 30.3 Å². The van der Waals surface area contributed by atoms with Crippen molar-refractivity contribution >= 4 is 11.7 Å². The largest absolute Gasteiger partial charge is 0.481 e. The van der Waals surface area contributed by atoms with Crippen LogP contribution < -0.4 is 5.84 Å². The molecule has 0 atom stereocenters. The van der Waals surface area contributed by atoms with Crippen LogP contribution in [0.2, 0.25) is 0 Å². The minimum atomic E-state index is -0.845. The maximum atomic E-state index is 10.4. The van der Waals surface area contributed by atoms with Crippen LogP contribution in [0.3, 0.4) is 0 Å². The van der Waals surface area contributed by atoms with Gasteiger partial charge >= 0.3 is 5.97 Å². The summed E-state index contributed by atoms with van der Waals surface area (Å²) in [6.07, 6.45) is 0.404. The lowest BCUT2D eigenvalue weighted by Crippen LogP contribution is -2.07. The third-order valence-corrected chi connectivity index (χ3v) is 1.84. The van der Waals surface area contributed by atoms with Crippen LogP contribution in [0.25, 0.3) is 0 Å². The normalized spacial score (nSPS) is 11.3. The van der Waals surface area contributed by atoms with Crippen LogP contribution in [0.5, 0.6) is 0 Å². The Morgan fingerprint density at radius 2 is 1.93 bits per heavy atom. The molecule has 0 amide bonds. The van der Waals surface area contributed by atoms with Crippen LogP contribution in [-0.4, -0.2) is 16.8 Å². The van der Waals surface area contributed by atoms with Crippen molar-refractivity contribution in [3.8, 4) is 0 Å². The number of hydrazone groups is 1. The van der Waals surface area contributed by atoms with Gasteiger partial charge in [0.05, 0.1) is 12.1 Å². The number of nitrogens with zero attached hydrogens (tertiary/aromatic N) is 1. The molecule has 0 unspecified atom stereocenters. The molecule has 0 radical (unpaired) electrons. The van der Waals surface area contributed by atoms with Crippen molar-refractivity contribution in [1.82, 2.24) is 0 Å². The van der Waals surface area contributed by atoms with Crippen LogP contribution in [0.1, 0.15) is 18.4 Å². The molecule has 0 aliphatic rings. The van der Waals surface area contributed by atoms with Gasteiger partial charge in [0.1, 0.15) is 0 Å². The van der Waals surface area contributed by atoms with Crippen molar-refractivity contribution in [3.05, 3.63) is 35.9 Å². The van der Waals surface area contributed by atoms with E-state index in [0.29, 0.717) is 12.1 Å². The smallest absolute Gasteiger partial charge is 0.303 e. The third kappa shape index (κ3) is 2.90. The molecule has 0 aliphatic heterocycles.